The Kier molecular flexibility index (Phi) is 6.82. The van der Waals surface area contributed by atoms with Crippen LogP contribution in [0, 0.1) is 0 Å². The minimum atomic E-state index is -4.45. The highest BCUT2D eigenvalue weighted by molar-refractivity contribution is 6.30. The molecule has 2 aromatic carbocycles. The summed E-state index contributed by atoms with van der Waals surface area (Å²) in [6.45, 7) is 1.42. The van der Waals surface area contributed by atoms with E-state index < -0.39 is 23.7 Å². The molecule has 31 heavy (non-hydrogen) atoms. The fraction of sp³-hybridized carbons (Fsp3) is 0.182. The van der Waals surface area contributed by atoms with Gasteiger partial charge in [0.1, 0.15) is 5.75 Å². The summed E-state index contributed by atoms with van der Waals surface area (Å²) in [7, 11) is 0. The van der Waals surface area contributed by atoms with E-state index >= 15 is 0 Å². The van der Waals surface area contributed by atoms with Crippen LogP contribution in [0.15, 0.2) is 60.8 Å². The molecule has 0 aliphatic heterocycles. The molecule has 162 valence electrons. The van der Waals surface area contributed by atoms with Gasteiger partial charge in [0.05, 0.1) is 17.7 Å². The van der Waals surface area contributed by atoms with Gasteiger partial charge in [-0.3, -0.25) is 4.79 Å². The first kappa shape index (κ1) is 22.6. The van der Waals surface area contributed by atoms with Crippen molar-refractivity contribution in [1.82, 2.24) is 10.3 Å². The van der Waals surface area contributed by atoms with Crippen molar-refractivity contribution in [2.24, 2.45) is 0 Å². The van der Waals surface area contributed by atoms with E-state index in [4.69, 9.17) is 21.4 Å². The third kappa shape index (κ3) is 5.74. The Morgan fingerprint density at radius 2 is 1.90 bits per heavy atom. The predicted octanol–water partition coefficient (Wildman–Crippen LogP) is 5.32. The van der Waals surface area contributed by atoms with Gasteiger partial charge in [0.15, 0.2) is 0 Å². The number of ether oxygens (including phenoxy) is 1. The van der Waals surface area contributed by atoms with Crippen LogP contribution >= 0.6 is 11.6 Å². The van der Waals surface area contributed by atoms with Gasteiger partial charge in [0, 0.05) is 22.8 Å². The molecule has 0 radical (unpaired) electrons. The van der Waals surface area contributed by atoms with Gasteiger partial charge in [-0.25, -0.2) is 4.98 Å². The lowest BCUT2D eigenvalue weighted by molar-refractivity contribution is -0.137. The van der Waals surface area contributed by atoms with Crippen LogP contribution in [0.3, 0.4) is 0 Å². The van der Waals surface area contributed by atoms with Crippen LogP contribution in [0.4, 0.5) is 13.2 Å². The molecule has 1 atom stereocenters. The van der Waals surface area contributed by atoms with Crippen LogP contribution in [-0.4, -0.2) is 28.6 Å². The quantitative estimate of drug-likeness (QED) is 0.533. The SMILES string of the molecule is C[C@H](CO)NC(=O)c1cnc(Oc2ccc(C(F)(F)F)cc2)c(-c2cccc(Cl)c2)c1. The fourth-order valence-electron chi connectivity index (χ4n) is 2.70. The zero-order valence-electron chi connectivity index (χ0n) is 16.3. The Morgan fingerprint density at radius 3 is 2.52 bits per heavy atom. The first-order chi connectivity index (χ1) is 14.7. The van der Waals surface area contributed by atoms with Crippen molar-refractivity contribution in [1.29, 1.82) is 0 Å². The second-order valence-electron chi connectivity index (χ2n) is 6.77. The summed E-state index contributed by atoms with van der Waals surface area (Å²) in [5, 5.41) is 12.2. The first-order valence-corrected chi connectivity index (χ1v) is 9.58. The van der Waals surface area contributed by atoms with E-state index in [1.165, 1.54) is 24.4 Å². The van der Waals surface area contributed by atoms with E-state index in [2.05, 4.69) is 10.3 Å². The molecule has 9 heteroatoms. The Balaban J connectivity index is 1.98. The van der Waals surface area contributed by atoms with Crippen molar-refractivity contribution in [2.45, 2.75) is 19.1 Å². The summed E-state index contributed by atoms with van der Waals surface area (Å²) in [5.74, 6) is -0.206. The van der Waals surface area contributed by atoms with Crippen LogP contribution in [0.1, 0.15) is 22.8 Å². The molecule has 0 saturated carbocycles. The maximum absolute atomic E-state index is 12.8. The largest absolute Gasteiger partial charge is 0.438 e. The van der Waals surface area contributed by atoms with Crippen molar-refractivity contribution in [3.8, 4) is 22.8 Å². The van der Waals surface area contributed by atoms with Crippen molar-refractivity contribution in [3.05, 3.63) is 76.9 Å². The first-order valence-electron chi connectivity index (χ1n) is 9.20. The number of nitrogens with zero attached hydrogens (tertiary/aromatic N) is 1. The number of halogens is 4. The van der Waals surface area contributed by atoms with Crippen molar-refractivity contribution in [3.63, 3.8) is 0 Å². The minimum absolute atomic E-state index is 0.0915. The zero-order chi connectivity index (χ0) is 22.6. The summed E-state index contributed by atoms with van der Waals surface area (Å²) >= 11 is 6.08. The third-order valence-electron chi connectivity index (χ3n) is 4.30. The van der Waals surface area contributed by atoms with Gasteiger partial charge in [0.2, 0.25) is 5.88 Å². The van der Waals surface area contributed by atoms with Crippen molar-refractivity contribution >= 4 is 17.5 Å². The Bertz CT molecular complexity index is 1070. The highest BCUT2D eigenvalue weighted by atomic mass is 35.5. The van der Waals surface area contributed by atoms with Gasteiger partial charge in [-0.05, 0) is 55.0 Å². The summed E-state index contributed by atoms with van der Waals surface area (Å²) in [5.41, 5.74) is 0.446. The van der Waals surface area contributed by atoms with E-state index in [9.17, 15) is 18.0 Å². The molecule has 0 bridgehead atoms. The van der Waals surface area contributed by atoms with Gasteiger partial charge >= 0.3 is 6.18 Å². The molecule has 0 spiro atoms. The summed E-state index contributed by atoms with van der Waals surface area (Å²) in [6.07, 6.45) is -3.17. The second kappa shape index (κ2) is 9.36. The monoisotopic (exact) mass is 450 g/mol. The summed E-state index contributed by atoms with van der Waals surface area (Å²) < 4.78 is 44.1. The number of aliphatic hydroxyl groups is 1. The molecule has 3 aromatic rings. The van der Waals surface area contributed by atoms with Crippen LogP contribution in [-0.2, 0) is 6.18 Å². The van der Waals surface area contributed by atoms with Crippen molar-refractivity contribution < 1.29 is 27.8 Å². The fourth-order valence-corrected chi connectivity index (χ4v) is 2.89. The summed E-state index contributed by atoms with van der Waals surface area (Å²) in [4.78, 5) is 16.6. The average Bonchev–Trinajstić information content (AvgIpc) is 2.73. The molecule has 3 rings (SSSR count). The number of carbonyl (C=O) groups excluding carboxylic acids is 1. The third-order valence-corrected chi connectivity index (χ3v) is 4.53. The highest BCUT2D eigenvalue weighted by Crippen LogP contribution is 2.35. The number of pyridine rings is 1. The number of hydrogen-bond acceptors (Lipinski definition) is 4. The number of benzene rings is 2. The lowest BCUT2D eigenvalue weighted by atomic mass is 10.0. The maximum atomic E-state index is 12.8. The van der Waals surface area contributed by atoms with Crippen molar-refractivity contribution in [2.75, 3.05) is 6.61 Å². The van der Waals surface area contributed by atoms with E-state index in [1.807, 2.05) is 0 Å². The molecule has 0 unspecified atom stereocenters. The Morgan fingerprint density at radius 1 is 1.19 bits per heavy atom. The van der Waals surface area contributed by atoms with Crippen LogP contribution < -0.4 is 10.1 Å². The molecular formula is C22H18ClF3N2O3. The van der Waals surface area contributed by atoms with Crippen LogP contribution in [0.2, 0.25) is 5.02 Å². The molecule has 0 aliphatic rings. The lowest BCUT2D eigenvalue weighted by Gasteiger charge is -2.14. The summed E-state index contributed by atoms with van der Waals surface area (Å²) in [6, 6.07) is 12.1. The van der Waals surface area contributed by atoms with E-state index in [1.54, 1.807) is 31.2 Å². The number of alkyl halides is 3. The highest BCUT2D eigenvalue weighted by Gasteiger charge is 2.30. The standard InChI is InChI=1S/C22H18ClF3N2O3/c1-13(12-29)28-20(30)15-10-19(14-3-2-4-17(23)9-14)21(27-11-15)31-18-7-5-16(6-8-18)22(24,25)26/h2-11,13,29H,12H2,1H3,(H,28,30)/t13-/m1/s1. The minimum Gasteiger partial charge on any atom is -0.438 e. The number of carbonyl (C=O) groups is 1. The number of hydrogen-bond donors (Lipinski definition) is 2. The maximum Gasteiger partial charge on any atom is 0.416 e. The molecule has 0 saturated heterocycles. The number of rotatable bonds is 6. The number of aromatic nitrogens is 1. The zero-order valence-corrected chi connectivity index (χ0v) is 17.0. The van der Waals surface area contributed by atoms with Crippen LogP contribution in [0.25, 0.3) is 11.1 Å². The molecule has 0 fully saturated rings. The number of nitrogens with one attached hydrogen (secondary N) is 1. The molecule has 1 heterocycles. The number of amides is 1. The van der Waals surface area contributed by atoms with E-state index in [0.717, 1.165) is 12.1 Å². The molecule has 0 aliphatic carbocycles. The molecule has 1 aromatic heterocycles. The van der Waals surface area contributed by atoms with Gasteiger partial charge in [-0.2, -0.15) is 13.2 Å². The topological polar surface area (TPSA) is 71.5 Å². The predicted molar refractivity (Wildman–Crippen MR) is 110 cm³/mol. The molecule has 5 nitrogen and oxygen atoms in total. The van der Waals surface area contributed by atoms with Gasteiger partial charge in [0.25, 0.3) is 5.91 Å². The second-order valence-corrected chi connectivity index (χ2v) is 7.20. The van der Waals surface area contributed by atoms with Crippen LogP contribution in [0.5, 0.6) is 11.6 Å². The van der Waals surface area contributed by atoms with Gasteiger partial charge < -0.3 is 15.2 Å². The Labute approximate surface area is 181 Å². The van der Waals surface area contributed by atoms with E-state index in [0.29, 0.717) is 16.1 Å². The number of aliphatic hydroxyl groups excluding tert-OH is 1. The Hall–Kier alpha value is -3.10. The molecule has 1 amide bonds. The normalized spacial score (nSPS) is 12.3. The smallest absolute Gasteiger partial charge is 0.416 e. The van der Waals surface area contributed by atoms with Gasteiger partial charge in [-0.15, -0.1) is 0 Å². The molecule has 2 N–H and O–H groups in total. The lowest BCUT2D eigenvalue weighted by Crippen LogP contribution is -2.35. The average molecular weight is 451 g/mol. The molecular weight excluding hydrogens is 433 g/mol. The van der Waals surface area contributed by atoms with Gasteiger partial charge in [-0.1, -0.05) is 23.7 Å². The van der Waals surface area contributed by atoms with E-state index in [-0.39, 0.29) is 23.8 Å².